The van der Waals surface area contributed by atoms with Crippen molar-refractivity contribution in [3.63, 3.8) is 0 Å². The Kier molecular flexibility index (Phi) is 2.52. The van der Waals surface area contributed by atoms with Crippen molar-refractivity contribution in [2.45, 2.75) is 38.1 Å². The number of amides is 1. The van der Waals surface area contributed by atoms with Gasteiger partial charge in [0.1, 0.15) is 5.56 Å². The molecule has 1 aromatic heterocycles. The zero-order chi connectivity index (χ0) is 13.6. The van der Waals surface area contributed by atoms with Crippen LogP contribution in [-0.2, 0) is 0 Å². The maximum Gasteiger partial charge on any atom is 0.254 e. The second-order valence-electron chi connectivity index (χ2n) is 5.82. The number of primary amides is 1. The van der Waals surface area contributed by atoms with Crippen LogP contribution in [0.3, 0.4) is 0 Å². The van der Waals surface area contributed by atoms with E-state index in [1.54, 1.807) is 10.9 Å². The van der Waals surface area contributed by atoms with Gasteiger partial charge in [0.15, 0.2) is 5.82 Å². The van der Waals surface area contributed by atoms with Crippen LogP contribution in [0, 0.1) is 22.7 Å². The number of nitrogens with two attached hydrogens (primary N) is 2. The minimum absolute atomic E-state index is 0.00613. The predicted molar refractivity (Wildman–Crippen MR) is 68.8 cm³/mol. The lowest BCUT2D eigenvalue weighted by molar-refractivity contribution is 0.100. The maximum absolute atomic E-state index is 11.2. The van der Waals surface area contributed by atoms with Crippen LogP contribution in [0.2, 0.25) is 0 Å². The van der Waals surface area contributed by atoms with Gasteiger partial charge in [0.05, 0.1) is 18.0 Å². The number of anilines is 1. The first-order chi connectivity index (χ1) is 9.04. The SMILES string of the molecule is N#C[C@H]1CC2(CC[C@H]1n1cc(C(N)=O)c(N)n1)CC2. The summed E-state index contributed by atoms with van der Waals surface area (Å²) in [7, 11) is 0. The molecule has 2 atom stereocenters. The van der Waals surface area contributed by atoms with Gasteiger partial charge in [-0.2, -0.15) is 10.4 Å². The van der Waals surface area contributed by atoms with E-state index < -0.39 is 5.91 Å². The molecule has 0 aliphatic heterocycles. The van der Waals surface area contributed by atoms with Crippen LogP contribution >= 0.6 is 0 Å². The minimum Gasteiger partial charge on any atom is -0.382 e. The highest BCUT2D eigenvalue weighted by atomic mass is 16.1. The molecular weight excluding hydrogens is 242 g/mol. The van der Waals surface area contributed by atoms with Crippen molar-refractivity contribution in [3.8, 4) is 6.07 Å². The normalized spacial score (nSPS) is 27.9. The number of hydrogen-bond acceptors (Lipinski definition) is 4. The molecule has 2 aliphatic rings. The van der Waals surface area contributed by atoms with E-state index in [4.69, 9.17) is 11.5 Å². The number of nitriles is 1. The zero-order valence-electron chi connectivity index (χ0n) is 10.7. The third kappa shape index (κ3) is 1.95. The number of rotatable bonds is 2. The molecule has 1 amide bonds. The molecule has 2 aliphatic carbocycles. The Bertz CT molecular complexity index is 566. The van der Waals surface area contributed by atoms with E-state index in [0.717, 1.165) is 19.3 Å². The number of carbonyl (C=O) groups is 1. The van der Waals surface area contributed by atoms with Crippen LogP contribution in [-0.4, -0.2) is 15.7 Å². The summed E-state index contributed by atoms with van der Waals surface area (Å²) in [4.78, 5) is 11.2. The molecule has 4 N–H and O–H groups in total. The van der Waals surface area contributed by atoms with Gasteiger partial charge in [-0.3, -0.25) is 9.48 Å². The summed E-state index contributed by atoms with van der Waals surface area (Å²) in [5, 5.41) is 13.5. The molecule has 6 nitrogen and oxygen atoms in total. The molecule has 2 saturated carbocycles. The molecule has 6 heteroatoms. The Labute approximate surface area is 111 Å². The van der Waals surface area contributed by atoms with Crippen molar-refractivity contribution in [2.24, 2.45) is 17.1 Å². The number of nitrogen functional groups attached to an aromatic ring is 1. The average molecular weight is 259 g/mol. The summed E-state index contributed by atoms with van der Waals surface area (Å²) >= 11 is 0. The van der Waals surface area contributed by atoms with Gasteiger partial charge < -0.3 is 11.5 Å². The largest absolute Gasteiger partial charge is 0.382 e. The van der Waals surface area contributed by atoms with Crippen LogP contribution in [0.25, 0.3) is 0 Å². The predicted octanol–water partition coefficient (Wildman–Crippen LogP) is 1.21. The molecule has 1 aromatic rings. The third-order valence-electron chi connectivity index (χ3n) is 4.58. The first kappa shape index (κ1) is 12.0. The third-order valence-corrected chi connectivity index (χ3v) is 4.58. The fourth-order valence-corrected chi connectivity index (χ4v) is 3.20. The summed E-state index contributed by atoms with van der Waals surface area (Å²) in [6.07, 6.45) is 7.04. The Balaban J connectivity index is 1.87. The highest BCUT2D eigenvalue weighted by Crippen LogP contribution is 2.59. The Hall–Kier alpha value is -2.03. The summed E-state index contributed by atoms with van der Waals surface area (Å²) in [5.74, 6) is -0.487. The van der Waals surface area contributed by atoms with E-state index in [-0.39, 0.29) is 23.3 Å². The number of carbonyl (C=O) groups excluding carboxylic acids is 1. The van der Waals surface area contributed by atoms with E-state index >= 15 is 0 Å². The van der Waals surface area contributed by atoms with Gasteiger partial charge >= 0.3 is 0 Å². The Morgan fingerprint density at radius 2 is 2.26 bits per heavy atom. The number of aromatic nitrogens is 2. The molecule has 1 spiro atoms. The minimum atomic E-state index is -0.577. The average Bonchev–Trinajstić information content (AvgIpc) is 3.00. The fraction of sp³-hybridized carbons (Fsp3) is 0.615. The van der Waals surface area contributed by atoms with Crippen LogP contribution in [0.1, 0.15) is 48.5 Å². The van der Waals surface area contributed by atoms with Gasteiger partial charge in [0.25, 0.3) is 5.91 Å². The second-order valence-corrected chi connectivity index (χ2v) is 5.82. The van der Waals surface area contributed by atoms with Crippen LogP contribution in [0.4, 0.5) is 5.82 Å². The molecule has 19 heavy (non-hydrogen) atoms. The molecule has 0 unspecified atom stereocenters. The van der Waals surface area contributed by atoms with Gasteiger partial charge in [0.2, 0.25) is 0 Å². The molecule has 1 heterocycles. The molecule has 100 valence electrons. The van der Waals surface area contributed by atoms with Gasteiger partial charge in [-0.15, -0.1) is 0 Å². The summed E-state index contributed by atoms with van der Waals surface area (Å²) in [5.41, 5.74) is 11.6. The Morgan fingerprint density at radius 3 is 2.79 bits per heavy atom. The monoisotopic (exact) mass is 259 g/mol. The topological polar surface area (TPSA) is 111 Å². The summed E-state index contributed by atoms with van der Waals surface area (Å²) in [6, 6.07) is 2.39. The van der Waals surface area contributed by atoms with Gasteiger partial charge in [-0.25, -0.2) is 0 Å². The van der Waals surface area contributed by atoms with Gasteiger partial charge in [0, 0.05) is 6.20 Å². The van der Waals surface area contributed by atoms with E-state index in [9.17, 15) is 10.1 Å². The first-order valence-electron chi connectivity index (χ1n) is 6.59. The highest BCUT2D eigenvalue weighted by Gasteiger charge is 2.49. The fourth-order valence-electron chi connectivity index (χ4n) is 3.20. The molecular formula is C13H17N5O. The quantitative estimate of drug-likeness (QED) is 0.831. The molecule has 0 aromatic carbocycles. The Morgan fingerprint density at radius 1 is 1.53 bits per heavy atom. The lowest BCUT2D eigenvalue weighted by atomic mass is 9.76. The number of hydrogen-bond donors (Lipinski definition) is 2. The van der Waals surface area contributed by atoms with Crippen molar-refractivity contribution >= 4 is 11.7 Å². The van der Waals surface area contributed by atoms with Crippen LogP contribution in [0.15, 0.2) is 6.20 Å². The van der Waals surface area contributed by atoms with Crippen LogP contribution < -0.4 is 11.5 Å². The van der Waals surface area contributed by atoms with Crippen molar-refractivity contribution in [2.75, 3.05) is 5.73 Å². The molecule has 2 fully saturated rings. The lowest BCUT2D eigenvalue weighted by Gasteiger charge is -2.32. The van der Waals surface area contributed by atoms with Gasteiger partial charge in [-0.05, 0) is 37.5 Å². The first-order valence-corrected chi connectivity index (χ1v) is 6.59. The molecule has 0 saturated heterocycles. The van der Waals surface area contributed by atoms with E-state index in [1.807, 2.05) is 0 Å². The second kappa shape index (κ2) is 3.98. The highest BCUT2D eigenvalue weighted by molar-refractivity contribution is 5.96. The van der Waals surface area contributed by atoms with E-state index in [0.29, 0.717) is 5.41 Å². The molecule has 0 radical (unpaired) electrons. The molecule has 0 bridgehead atoms. The maximum atomic E-state index is 11.2. The van der Waals surface area contributed by atoms with Crippen molar-refractivity contribution in [3.05, 3.63) is 11.8 Å². The van der Waals surface area contributed by atoms with Gasteiger partial charge in [-0.1, -0.05) is 0 Å². The van der Waals surface area contributed by atoms with E-state index in [2.05, 4.69) is 11.2 Å². The zero-order valence-corrected chi connectivity index (χ0v) is 10.7. The van der Waals surface area contributed by atoms with Crippen molar-refractivity contribution in [1.82, 2.24) is 9.78 Å². The summed E-state index contributed by atoms with van der Waals surface area (Å²) in [6.45, 7) is 0. The smallest absolute Gasteiger partial charge is 0.254 e. The van der Waals surface area contributed by atoms with Crippen molar-refractivity contribution in [1.29, 1.82) is 5.26 Å². The number of nitrogens with zero attached hydrogens (tertiary/aromatic N) is 3. The lowest BCUT2D eigenvalue weighted by Crippen LogP contribution is -2.28. The summed E-state index contributed by atoms with van der Waals surface area (Å²) < 4.78 is 1.67. The van der Waals surface area contributed by atoms with E-state index in [1.165, 1.54) is 12.8 Å². The van der Waals surface area contributed by atoms with Crippen LogP contribution in [0.5, 0.6) is 0 Å². The standard InChI is InChI=1S/C13H17N5O/c14-6-8-5-13(3-4-13)2-1-10(8)18-7-9(12(16)19)11(15)17-18/h7-8,10H,1-5H2,(H2,15,17)(H2,16,19)/t8-,10-/m1/s1. The molecule has 3 rings (SSSR count). The van der Waals surface area contributed by atoms with Crippen molar-refractivity contribution < 1.29 is 4.79 Å².